The Balaban J connectivity index is 1.73. The van der Waals surface area contributed by atoms with Gasteiger partial charge in [0, 0.05) is 13.0 Å². The first kappa shape index (κ1) is 13.1. The number of sulfonamides is 1. The molecule has 104 valence electrons. The molecular weight excluding hydrogens is 274 g/mol. The second-order valence-electron chi connectivity index (χ2n) is 4.68. The highest BCUT2D eigenvalue weighted by Crippen LogP contribution is 2.25. The van der Waals surface area contributed by atoms with Crippen LogP contribution >= 0.6 is 0 Å². The third-order valence-electron chi connectivity index (χ3n) is 3.27. The van der Waals surface area contributed by atoms with Gasteiger partial charge in [0.25, 0.3) is 0 Å². The van der Waals surface area contributed by atoms with Crippen LogP contribution in [0.1, 0.15) is 11.1 Å². The van der Waals surface area contributed by atoms with Crippen molar-refractivity contribution in [3.05, 3.63) is 59.7 Å². The normalized spacial score (nSPS) is 13.8. The Morgan fingerprint density at radius 2 is 1.90 bits per heavy atom. The highest BCUT2D eigenvalue weighted by molar-refractivity contribution is 7.89. The fourth-order valence-electron chi connectivity index (χ4n) is 2.21. The van der Waals surface area contributed by atoms with Crippen molar-refractivity contribution in [1.82, 2.24) is 4.72 Å². The van der Waals surface area contributed by atoms with Crippen molar-refractivity contribution >= 4 is 10.0 Å². The summed E-state index contributed by atoms with van der Waals surface area (Å²) in [6.07, 6.45) is 0.884. The molecule has 0 aliphatic carbocycles. The van der Waals surface area contributed by atoms with Crippen LogP contribution in [0.2, 0.25) is 0 Å². The van der Waals surface area contributed by atoms with Gasteiger partial charge in [0.15, 0.2) is 0 Å². The minimum atomic E-state index is -3.45. The maximum Gasteiger partial charge on any atom is 0.240 e. The van der Waals surface area contributed by atoms with Crippen LogP contribution in [0.3, 0.4) is 0 Å². The molecule has 1 aliphatic rings. The molecule has 20 heavy (non-hydrogen) atoms. The van der Waals surface area contributed by atoms with Crippen molar-refractivity contribution in [2.75, 3.05) is 6.61 Å². The van der Waals surface area contributed by atoms with Crippen molar-refractivity contribution in [2.45, 2.75) is 17.9 Å². The third kappa shape index (κ3) is 2.69. The number of ether oxygens (including phenoxy) is 1. The summed E-state index contributed by atoms with van der Waals surface area (Å²) < 4.78 is 32.3. The number of nitrogens with one attached hydrogen (secondary N) is 1. The Bertz CT molecular complexity index is 711. The highest BCUT2D eigenvalue weighted by Gasteiger charge is 2.15. The molecule has 4 nitrogen and oxygen atoms in total. The van der Waals surface area contributed by atoms with Crippen LogP contribution in [0.15, 0.2) is 53.4 Å². The summed E-state index contributed by atoms with van der Waals surface area (Å²) in [5.74, 6) is 0.902. The van der Waals surface area contributed by atoms with Crippen molar-refractivity contribution in [3.63, 3.8) is 0 Å². The average Bonchev–Trinajstić information content (AvgIpc) is 2.94. The number of rotatable bonds is 4. The van der Waals surface area contributed by atoms with Crippen molar-refractivity contribution in [2.24, 2.45) is 0 Å². The predicted molar refractivity (Wildman–Crippen MR) is 76.1 cm³/mol. The molecule has 0 amide bonds. The largest absolute Gasteiger partial charge is 0.493 e. The lowest BCUT2D eigenvalue weighted by molar-refractivity contribution is 0.357. The van der Waals surface area contributed by atoms with Crippen LogP contribution < -0.4 is 9.46 Å². The summed E-state index contributed by atoms with van der Waals surface area (Å²) in [7, 11) is -3.45. The molecule has 0 bridgehead atoms. The Kier molecular flexibility index (Phi) is 3.46. The maximum atomic E-state index is 12.1. The maximum absolute atomic E-state index is 12.1. The summed E-state index contributed by atoms with van der Waals surface area (Å²) >= 11 is 0. The fourth-order valence-corrected chi connectivity index (χ4v) is 3.25. The summed E-state index contributed by atoms with van der Waals surface area (Å²) in [4.78, 5) is 0.282. The van der Waals surface area contributed by atoms with E-state index < -0.39 is 10.0 Å². The van der Waals surface area contributed by atoms with E-state index in [0.29, 0.717) is 6.61 Å². The summed E-state index contributed by atoms with van der Waals surface area (Å²) in [6, 6.07) is 14.2. The lowest BCUT2D eigenvalue weighted by Gasteiger charge is -2.08. The van der Waals surface area contributed by atoms with Crippen LogP contribution in [0.25, 0.3) is 0 Å². The Morgan fingerprint density at radius 1 is 1.10 bits per heavy atom. The van der Waals surface area contributed by atoms with Crippen LogP contribution in [0, 0.1) is 0 Å². The van der Waals surface area contributed by atoms with Gasteiger partial charge in [0.1, 0.15) is 5.75 Å². The summed E-state index contributed by atoms with van der Waals surface area (Å²) in [5, 5.41) is 0. The van der Waals surface area contributed by atoms with E-state index >= 15 is 0 Å². The summed E-state index contributed by atoms with van der Waals surface area (Å²) in [6.45, 7) is 0.985. The van der Waals surface area contributed by atoms with E-state index in [1.54, 1.807) is 30.3 Å². The van der Waals surface area contributed by atoms with Gasteiger partial charge in [-0.05, 0) is 29.3 Å². The fraction of sp³-hybridized carbons (Fsp3) is 0.200. The van der Waals surface area contributed by atoms with Gasteiger partial charge >= 0.3 is 0 Å². The Labute approximate surface area is 118 Å². The van der Waals surface area contributed by atoms with E-state index in [4.69, 9.17) is 4.74 Å². The van der Waals surface area contributed by atoms with E-state index in [2.05, 4.69) is 4.72 Å². The van der Waals surface area contributed by atoms with E-state index in [1.807, 2.05) is 18.2 Å². The molecule has 0 fully saturated rings. The smallest absolute Gasteiger partial charge is 0.240 e. The molecule has 1 N–H and O–H groups in total. The van der Waals surface area contributed by atoms with Crippen LogP contribution in [0.5, 0.6) is 5.75 Å². The SMILES string of the molecule is O=S(=O)(NCc1ccc2c(c1)CCO2)c1ccccc1. The molecule has 0 spiro atoms. The molecule has 3 rings (SSSR count). The predicted octanol–water partition coefficient (Wildman–Crippen LogP) is 2.10. The lowest BCUT2D eigenvalue weighted by Crippen LogP contribution is -2.23. The van der Waals surface area contributed by atoms with Gasteiger partial charge in [-0.2, -0.15) is 0 Å². The minimum absolute atomic E-state index is 0.282. The Hall–Kier alpha value is -1.85. The van der Waals surface area contributed by atoms with Crippen molar-refractivity contribution < 1.29 is 13.2 Å². The zero-order valence-corrected chi connectivity index (χ0v) is 11.7. The number of benzene rings is 2. The number of hydrogen-bond acceptors (Lipinski definition) is 3. The second kappa shape index (κ2) is 5.26. The number of fused-ring (bicyclic) bond motifs is 1. The monoisotopic (exact) mass is 289 g/mol. The van der Waals surface area contributed by atoms with Gasteiger partial charge in [-0.1, -0.05) is 30.3 Å². The third-order valence-corrected chi connectivity index (χ3v) is 4.69. The van der Waals surface area contributed by atoms with E-state index in [-0.39, 0.29) is 11.4 Å². The van der Waals surface area contributed by atoms with Gasteiger partial charge in [-0.3, -0.25) is 0 Å². The zero-order valence-electron chi connectivity index (χ0n) is 10.9. The molecule has 0 radical (unpaired) electrons. The molecule has 0 atom stereocenters. The van der Waals surface area contributed by atoms with Crippen LogP contribution in [-0.4, -0.2) is 15.0 Å². The van der Waals surface area contributed by atoms with Crippen LogP contribution in [0.4, 0.5) is 0 Å². The van der Waals surface area contributed by atoms with Crippen molar-refractivity contribution in [3.8, 4) is 5.75 Å². The second-order valence-corrected chi connectivity index (χ2v) is 6.45. The first-order chi connectivity index (χ1) is 9.65. The molecule has 5 heteroatoms. The Morgan fingerprint density at radius 3 is 2.70 bits per heavy atom. The van der Waals surface area contributed by atoms with Gasteiger partial charge in [0.05, 0.1) is 11.5 Å². The van der Waals surface area contributed by atoms with E-state index in [9.17, 15) is 8.42 Å². The molecule has 2 aromatic rings. The summed E-state index contributed by atoms with van der Waals surface area (Å²) in [5.41, 5.74) is 2.08. The van der Waals surface area contributed by atoms with E-state index in [1.165, 1.54) is 0 Å². The zero-order chi connectivity index (χ0) is 14.0. The standard InChI is InChI=1S/C15H15NO3S/c17-20(18,14-4-2-1-3-5-14)16-11-12-6-7-15-13(10-12)8-9-19-15/h1-7,10,16H,8-9,11H2. The first-order valence-electron chi connectivity index (χ1n) is 6.44. The van der Waals surface area contributed by atoms with E-state index in [0.717, 1.165) is 23.3 Å². The molecule has 1 heterocycles. The molecule has 1 aliphatic heterocycles. The van der Waals surface area contributed by atoms with Gasteiger partial charge in [-0.15, -0.1) is 0 Å². The molecule has 0 saturated carbocycles. The molecule has 0 unspecified atom stereocenters. The van der Waals surface area contributed by atoms with Gasteiger partial charge < -0.3 is 4.74 Å². The van der Waals surface area contributed by atoms with Crippen molar-refractivity contribution in [1.29, 1.82) is 0 Å². The molecule has 0 saturated heterocycles. The average molecular weight is 289 g/mol. The molecule has 0 aromatic heterocycles. The minimum Gasteiger partial charge on any atom is -0.493 e. The quantitative estimate of drug-likeness (QED) is 0.938. The molecular formula is C15H15NO3S. The topological polar surface area (TPSA) is 55.4 Å². The molecule has 2 aromatic carbocycles. The van der Waals surface area contributed by atoms with Gasteiger partial charge in [0.2, 0.25) is 10.0 Å². The first-order valence-corrected chi connectivity index (χ1v) is 7.93. The van der Waals surface area contributed by atoms with Crippen LogP contribution in [-0.2, 0) is 23.0 Å². The number of hydrogen-bond donors (Lipinski definition) is 1. The van der Waals surface area contributed by atoms with Gasteiger partial charge in [-0.25, -0.2) is 13.1 Å². The highest BCUT2D eigenvalue weighted by atomic mass is 32.2. The lowest BCUT2D eigenvalue weighted by atomic mass is 10.1.